The first-order valence-corrected chi connectivity index (χ1v) is 7.25. The van der Waals surface area contributed by atoms with Gasteiger partial charge >= 0.3 is 0 Å². The Labute approximate surface area is 125 Å². The third-order valence-electron chi connectivity index (χ3n) is 4.99. The fourth-order valence-electron chi connectivity index (χ4n) is 3.02. The van der Waals surface area contributed by atoms with Crippen molar-refractivity contribution in [1.82, 2.24) is 0 Å². The van der Waals surface area contributed by atoms with Gasteiger partial charge in [-0.05, 0) is 75.3 Å². The highest BCUT2D eigenvalue weighted by atomic mass is 16.6. The van der Waals surface area contributed by atoms with E-state index in [1.54, 1.807) is 6.92 Å². The molecule has 1 heterocycles. The van der Waals surface area contributed by atoms with Crippen molar-refractivity contribution in [3.05, 3.63) is 37.9 Å². The molecule has 0 aromatic heterocycles. The molecule has 0 radical (unpaired) electrons. The lowest BCUT2D eigenvalue weighted by Crippen LogP contribution is -2.50. The van der Waals surface area contributed by atoms with Crippen LogP contribution >= 0.6 is 0 Å². The number of hydrogen-bond donors (Lipinski definition) is 1. The summed E-state index contributed by atoms with van der Waals surface area (Å²) < 4.78 is 6.08. The van der Waals surface area contributed by atoms with Crippen molar-refractivity contribution >= 4 is 0 Å². The third kappa shape index (κ3) is 2.62. The Hall–Kier alpha value is -1.62. The molecule has 0 saturated heterocycles. The molecule has 1 N–H and O–H groups in total. The monoisotopic (exact) mass is 293 g/mol. The van der Waals surface area contributed by atoms with Crippen molar-refractivity contribution in [1.29, 1.82) is 0 Å². The Morgan fingerprint density at radius 2 is 1.81 bits per heavy atom. The third-order valence-corrected chi connectivity index (χ3v) is 4.99. The molecule has 0 aliphatic carbocycles. The minimum absolute atomic E-state index is 0.491. The summed E-state index contributed by atoms with van der Waals surface area (Å²) in [6, 6.07) is 0. The summed E-state index contributed by atoms with van der Waals surface area (Å²) in [5.41, 5.74) is 5.00. The molecule has 0 bridgehead atoms. The first-order valence-electron chi connectivity index (χ1n) is 7.25. The Kier molecular flexibility index (Phi) is 3.97. The smallest absolute Gasteiger partial charge is 0.233 e. The maximum absolute atomic E-state index is 10.6. The summed E-state index contributed by atoms with van der Waals surface area (Å²) in [5.74, 6) is 0.798. The van der Waals surface area contributed by atoms with Crippen molar-refractivity contribution in [3.63, 3.8) is 0 Å². The van der Waals surface area contributed by atoms with Crippen molar-refractivity contribution in [3.8, 4) is 5.75 Å². The molecule has 2 unspecified atom stereocenters. The zero-order chi connectivity index (χ0) is 15.9. The van der Waals surface area contributed by atoms with Gasteiger partial charge in [0.25, 0.3) is 0 Å². The molecule has 1 aromatic carbocycles. The lowest BCUT2D eigenvalue weighted by Gasteiger charge is -2.39. The topological polar surface area (TPSA) is 72.6 Å². The van der Waals surface area contributed by atoms with E-state index in [2.05, 4.69) is 20.8 Å². The van der Waals surface area contributed by atoms with Crippen LogP contribution in [0.25, 0.3) is 0 Å². The van der Waals surface area contributed by atoms with E-state index in [-0.39, 0.29) is 0 Å². The van der Waals surface area contributed by atoms with Gasteiger partial charge in [0.15, 0.2) is 6.10 Å². The Balaban J connectivity index is 2.43. The molecular weight excluding hydrogens is 270 g/mol. The van der Waals surface area contributed by atoms with Crippen LogP contribution in [0.2, 0.25) is 0 Å². The van der Waals surface area contributed by atoms with Gasteiger partial charge < -0.3 is 9.84 Å². The summed E-state index contributed by atoms with van der Waals surface area (Å²) in [4.78, 5) is 10.2. The number of hydrogen-bond acceptors (Lipinski definition) is 4. The first-order chi connectivity index (χ1) is 9.67. The predicted octanol–water partition coefficient (Wildman–Crippen LogP) is 2.64. The molecular formula is C16H23NO4. The molecule has 0 amide bonds. The van der Waals surface area contributed by atoms with E-state index in [1.165, 1.54) is 22.3 Å². The second kappa shape index (κ2) is 5.30. The first kappa shape index (κ1) is 15.8. The minimum atomic E-state index is -1.11. The van der Waals surface area contributed by atoms with Crippen LogP contribution in [0.1, 0.15) is 41.2 Å². The van der Waals surface area contributed by atoms with E-state index >= 15 is 0 Å². The molecule has 21 heavy (non-hydrogen) atoms. The van der Waals surface area contributed by atoms with Gasteiger partial charge in [-0.15, -0.1) is 0 Å². The maximum Gasteiger partial charge on any atom is 0.233 e. The molecule has 5 nitrogen and oxygen atoms in total. The zero-order valence-electron chi connectivity index (χ0n) is 13.3. The standard InChI is InChI=1S/C16H23NO4/c1-9-10(2)12(4)15-13(11(9)3)6-7-16(5,21-15)14(18)8-17(19)20/h14,18H,6-8H2,1-5H3. The van der Waals surface area contributed by atoms with Crippen LogP contribution in [0.15, 0.2) is 0 Å². The van der Waals surface area contributed by atoms with Crippen LogP contribution in [0.5, 0.6) is 5.75 Å². The van der Waals surface area contributed by atoms with E-state index < -0.39 is 23.2 Å². The lowest BCUT2D eigenvalue weighted by molar-refractivity contribution is -0.494. The van der Waals surface area contributed by atoms with E-state index in [0.717, 1.165) is 17.7 Å². The summed E-state index contributed by atoms with van der Waals surface area (Å²) in [6.07, 6.45) is 0.244. The predicted molar refractivity (Wildman–Crippen MR) is 80.6 cm³/mol. The highest BCUT2D eigenvalue weighted by Crippen LogP contribution is 2.41. The highest BCUT2D eigenvalue weighted by molar-refractivity contribution is 5.55. The van der Waals surface area contributed by atoms with E-state index in [0.29, 0.717) is 6.42 Å². The van der Waals surface area contributed by atoms with Crippen molar-refractivity contribution in [2.45, 2.75) is 59.2 Å². The number of fused-ring (bicyclic) bond motifs is 1. The molecule has 1 aromatic rings. The van der Waals surface area contributed by atoms with Crippen LogP contribution in [0.3, 0.4) is 0 Å². The molecule has 116 valence electrons. The highest BCUT2D eigenvalue weighted by Gasteiger charge is 2.42. The summed E-state index contributed by atoms with van der Waals surface area (Å²) in [7, 11) is 0. The number of nitrogens with zero attached hydrogens (tertiary/aromatic N) is 1. The Morgan fingerprint density at radius 1 is 1.24 bits per heavy atom. The molecule has 0 saturated carbocycles. The number of aliphatic hydroxyl groups is 1. The SMILES string of the molecule is Cc1c(C)c(C)c2c(c1C)CCC(C)(C(O)C[N+](=O)[O-])O2. The largest absolute Gasteiger partial charge is 0.484 e. The maximum atomic E-state index is 10.6. The van der Waals surface area contributed by atoms with Gasteiger partial charge in [-0.3, -0.25) is 10.1 Å². The molecule has 0 spiro atoms. The normalized spacial score (nSPS) is 22.4. The van der Waals surface area contributed by atoms with Crippen LogP contribution in [0, 0.1) is 37.8 Å². The fourth-order valence-corrected chi connectivity index (χ4v) is 3.02. The van der Waals surface area contributed by atoms with Gasteiger partial charge in [-0.25, -0.2) is 0 Å². The average Bonchev–Trinajstić information content (AvgIpc) is 2.42. The summed E-state index contributed by atoms with van der Waals surface area (Å²) in [5, 5.41) is 20.8. The second-order valence-electron chi connectivity index (χ2n) is 6.25. The van der Waals surface area contributed by atoms with Gasteiger partial charge in [0.2, 0.25) is 6.54 Å². The van der Waals surface area contributed by atoms with Crippen molar-refractivity contribution in [2.24, 2.45) is 0 Å². The molecule has 0 fully saturated rings. The van der Waals surface area contributed by atoms with Gasteiger partial charge in [0.05, 0.1) is 0 Å². The van der Waals surface area contributed by atoms with Crippen LogP contribution < -0.4 is 4.74 Å². The molecule has 1 aliphatic heterocycles. The molecule has 2 rings (SSSR count). The van der Waals surface area contributed by atoms with Crippen LogP contribution in [0.4, 0.5) is 0 Å². The second-order valence-corrected chi connectivity index (χ2v) is 6.25. The van der Waals surface area contributed by atoms with Crippen molar-refractivity contribution in [2.75, 3.05) is 6.54 Å². The van der Waals surface area contributed by atoms with E-state index in [4.69, 9.17) is 4.74 Å². The van der Waals surface area contributed by atoms with Gasteiger partial charge in [0.1, 0.15) is 11.4 Å². The van der Waals surface area contributed by atoms with Gasteiger partial charge in [-0.1, -0.05) is 0 Å². The van der Waals surface area contributed by atoms with E-state index in [9.17, 15) is 15.2 Å². The van der Waals surface area contributed by atoms with Crippen LogP contribution in [-0.4, -0.2) is 28.3 Å². The minimum Gasteiger partial charge on any atom is -0.484 e. The number of nitro groups is 1. The number of rotatable bonds is 3. The summed E-state index contributed by atoms with van der Waals surface area (Å²) >= 11 is 0. The summed E-state index contributed by atoms with van der Waals surface area (Å²) in [6.45, 7) is 9.52. The zero-order valence-corrected chi connectivity index (χ0v) is 13.3. The number of ether oxygens (including phenoxy) is 1. The Bertz CT molecular complexity index is 597. The average molecular weight is 293 g/mol. The fraction of sp³-hybridized carbons (Fsp3) is 0.625. The van der Waals surface area contributed by atoms with Crippen molar-refractivity contribution < 1.29 is 14.8 Å². The Morgan fingerprint density at radius 3 is 2.38 bits per heavy atom. The van der Waals surface area contributed by atoms with E-state index in [1.807, 2.05) is 6.92 Å². The quantitative estimate of drug-likeness (QED) is 0.687. The number of aliphatic hydroxyl groups excluding tert-OH is 1. The van der Waals surface area contributed by atoms with Gasteiger partial charge in [-0.2, -0.15) is 0 Å². The van der Waals surface area contributed by atoms with Crippen LogP contribution in [-0.2, 0) is 6.42 Å². The van der Waals surface area contributed by atoms with Gasteiger partial charge in [0, 0.05) is 4.92 Å². The molecule has 1 aliphatic rings. The number of benzene rings is 1. The lowest BCUT2D eigenvalue weighted by atomic mass is 9.83. The molecule has 2 atom stereocenters. The molecule has 5 heteroatoms.